The second-order valence-corrected chi connectivity index (χ2v) is 7.19. The number of urea groups is 1. The highest BCUT2D eigenvalue weighted by Crippen LogP contribution is 2.31. The Balaban J connectivity index is 1.79. The molecule has 0 saturated carbocycles. The van der Waals surface area contributed by atoms with Crippen molar-refractivity contribution in [3.05, 3.63) is 70.5 Å². The maximum absolute atomic E-state index is 14.0. The van der Waals surface area contributed by atoms with Gasteiger partial charge in [-0.3, -0.25) is 4.79 Å². The van der Waals surface area contributed by atoms with Crippen LogP contribution in [0, 0.1) is 5.82 Å². The normalized spacial score (nSPS) is 20.7. The molecule has 1 aliphatic heterocycles. The first-order chi connectivity index (χ1) is 12.9. The van der Waals surface area contributed by atoms with Gasteiger partial charge in [-0.25, -0.2) is 14.1 Å². The Morgan fingerprint density at radius 1 is 1.15 bits per heavy atom. The highest BCUT2D eigenvalue weighted by atomic mass is 35.5. The fourth-order valence-corrected chi connectivity index (χ4v) is 3.69. The quantitative estimate of drug-likeness (QED) is 0.744. The molecule has 1 fully saturated rings. The standard InChI is InChI=1S/C20H21ClFN3O2/c1-3-20(14-8-5-4-6-9-14)18(26)25(19(27)23-20)13-24(2)12-15-16(21)10-7-11-17(15)22/h4-11H,3,12-13H2,1-2H3,(H,23,27)/p+1/t20-/m0/s1. The van der Waals surface area contributed by atoms with Gasteiger partial charge in [-0.15, -0.1) is 0 Å². The number of carbonyl (C=O) groups excluding carboxylic acids is 2. The van der Waals surface area contributed by atoms with Gasteiger partial charge < -0.3 is 10.2 Å². The molecule has 2 N–H and O–H groups in total. The predicted octanol–water partition coefficient (Wildman–Crippen LogP) is 2.31. The highest BCUT2D eigenvalue weighted by molar-refractivity contribution is 6.31. The molecule has 3 amide bonds. The van der Waals surface area contributed by atoms with Crippen molar-refractivity contribution < 1.29 is 18.9 Å². The molecular weight excluding hydrogens is 369 g/mol. The van der Waals surface area contributed by atoms with Crippen LogP contribution in [0.15, 0.2) is 48.5 Å². The van der Waals surface area contributed by atoms with Gasteiger partial charge in [0.2, 0.25) is 0 Å². The minimum atomic E-state index is -1.06. The van der Waals surface area contributed by atoms with E-state index in [0.717, 1.165) is 10.5 Å². The molecule has 0 spiro atoms. The van der Waals surface area contributed by atoms with Crippen molar-refractivity contribution in [1.29, 1.82) is 0 Å². The number of nitrogens with zero attached hydrogens (tertiary/aromatic N) is 1. The molecule has 1 saturated heterocycles. The van der Waals surface area contributed by atoms with Crippen LogP contribution >= 0.6 is 11.6 Å². The van der Waals surface area contributed by atoms with Crippen LogP contribution in [0.2, 0.25) is 5.02 Å². The van der Waals surface area contributed by atoms with E-state index < -0.39 is 17.4 Å². The zero-order chi connectivity index (χ0) is 19.6. The molecule has 1 aliphatic rings. The summed E-state index contributed by atoms with van der Waals surface area (Å²) in [4.78, 5) is 27.6. The number of rotatable bonds is 6. The molecule has 2 aromatic rings. The molecule has 0 aliphatic carbocycles. The average molecular weight is 391 g/mol. The number of benzene rings is 2. The van der Waals surface area contributed by atoms with E-state index in [9.17, 15) is 14.0 Å². The van der Waals surface area contributed by atoms with E-state index >= 15 is 0 Å². The first-order valence-electron chi connectivity index (χ1n) is 8.83. The third kappa shape index (κ3) is 3.55. The summed E-state index contributed by atoms with van der Waals surface area (Å²) in [6.07, 6.45) is 0.441. The van der Waals surface area contributed by atoms with Crippen molar-refractivity contribution in [2.75, 3.05) is 13.7 Å². The fourth-order valence-electron chi connectivity index (χ4n) is 3.46. The van der Waals surface area contributed by atoms with Crippen molar-refractivity contribution in [3.8, 4) is 0 Å². The molecule has 2 aromatic carbocycles. The Morgan fingerprint density at radius 2 is 1.85 bits per heavy atom. The van der Waals surface area contributed by atoms with E-state index in [1.807, 2.05) is 37.3 Å². The molecule has 1 unspecified atom stereocenters. The molecule has 0 radical (unpaired) electrons. The van der Waals surface area contributed by atoms with Crippen molar-refractivity contribution in [2.24, 2.45) is 0 Å². The van der Waals surface area contributed by atoms with Crippen LogP contribution in [0.5, 0.6) is 0 Å². The predicted molar refractivity (Wildman–Crippen MR) is 101 cm³/mol. The zero-order valence-electron chi connectivity index (χ0n) is 15.3. The van der Waals surface area contributed by atoms with Crippen LogP contribution in [0.4, 0.5) is 9.18 Å². The summed E-state index contributed by atoms with van der Waals surface area (Å²) < 4.78 is 14.0. The lowest BCUT2D eigenvalue weighted by atomic mass is 9.87. The van der Waals surface area contributed by atoms with Crippen LogP contribution in [-0.4, -0.2) is 30.6 Å². The molecule has 2 atom stereocenters. The van der Waals surface area contributed by atoms with Gasteiger partial charge >= 0.3 is 6.03 Å². The summed E-state index contributed by atoms with van der Waals surface area (Å²) in [5.74, 6) is -0.688. The second kappa shape index (κ2) is 7.66. The molecule has 27 heavy (non-hydrogen) atoms. The van der Waals surface area contributed by atoms with Crippen molar-refractivity contribution in [1.82, 2.24) is 10.2 Å². The van der Waals surface area contributed by atoms with Gasteiger partial charge in [-0.1, -0.05) is 54.9 Å². The molecule has 0 bridgehead atoms. The largest absolute Gasteiger partial charge is 0.329 e. The van der Waals surface area contributed by atoms with Crippen molar-refractivity contribution in [3.63, 3.8) is 0 Å². The maximum Gasteiger partial charge on any atom is 0.329 e. The van der Waals surface area contributed by atoms with Crippen LogP contribution < -0.4 is 10.2 Å². The lowest BCUT2D eigenvalue weighted by Crippen LogP contribution is -3.09. The van der Waals surface area contributed by atoms with Gasteiger partial charge in [-0.05, 0) is 24.1 Å². The number of halogens is 2. The van der Waals surface area contributed by atoms with E-state index in [4.69, 9.17) is 11.6 Å². The SMILES string of the molecule is CC[C@@]1(c2ccccc2)NC(=O)N(C[NH+](C)Cc2c(F)cccc2Cl)C1=O. The van der Waals surface area contributed by atoms with Crippen molar-refractivity contribution in [2.45, 2.75) is 25.4 Å². The summed E-state index contributed by atoms with van der Waals surface area (Å²) in [5, 5.41) is 3.18. The number of imide groups is 1. The van der Waals surface area contributed by atoms with E-state index in [0.29, 0.717) is 17.0 Å². The minimum absolute atomic E-state index is 0.115. The molecule has 1 heterocycles. The van der Waals surface area contributed by atoms with Crippen LogP contribution in [0.3, 0.4) is 0 Å². The number of carbonyl (C=O) groups is 2. The highest BCUT2D eigenvalue weighted by Gasteiger charge is 2.52. The van der Waals surface area contributed by atoms with Gasteiger partial charge in [0.1, 0.15) is 17.9 Å². The molecular formula is C20H22ClFN3O2+. The summed E-state index contributed by atoms with van der Waals surface area (Å²) in [7, 11) is 1.79. The number of hydrogen-bond acceptors (Lipinski definition) is 2. The van der Waals surface area contributed by atoms with Crippen LogP contribution in [0.1, 0.15) is 24.5 Å². The average Bonchev–Trinajstić information content (AvgIpc) is 2.90. The lowest BCUT2D eigenvalue weighted by molar-refractivity contribution is -0.901. The van der Waals surface area contributed by atoms with Crippen LogP contribution in [-0.2, 0) is 16.9 Å². The molecule has 7 heteroatoms. The van der Waals surface area contributed by atoms with Gasteiger partial charge in [0, 0.05) is 0 Å². The van der Waals surface area contributed by atoms with Crippen molar-refractivity contribution >= 4 is 23.5 Å². The maximum atomic E-state index is 14.0. The number of hydrogen-bond donors (Lipinski definition) is 2. The van der Waals surface area contributed by atoms with Crippen LogP contribution in [0.25, 0.3) is 0 Å². The fraction of sp³-hybridized carbons (Fsp3) is 0.300. The summed E-state index contributed by atoms with van der Waals surface area (Å²) in [6, 6.07) is 13.3. The molecule has 3 rings (SSSR count). The monoisotopic (exact) mass is 390 g/mol. The number of quaternary nitrogens is 1. The number of nitrogens with one attached hydrogen (secondary N) is 2. The smallest absolute Gasteiger partial charge is 0.319 e. The van der Waals surface area contributed by atoms with E-state index in [1.165, 1.54) is 11.0 Å². The molecule has 0 aromatic heterocycles. The van der Waals surface area contributed by atoms with Gasteiger partial charge in [-0.2, -0.15) is 0 Å². The first kappa shape index (κ1) is 19.3. The third-order valence-corrected chi connectivity index (χ3v) is 5.30. The van der Waals surface area contributed by atoms with Gasteiger partial charge in [0.05, 0.1) is 17.6 Å². The Bertz CT molecular complexity index is 841. The first-order valence-corrected chi connectivity index (χ1v) is 9.20. The van der Waals surface area contributed by atoms with E-state index in [-0.39, 0.29) is 19.1 Å². The van der Waals surface area contributed by atoms with E-state index in [1.54, 1.807) is 19.2 Å². The Kier molecular flexibility index (Phi) is 5.48. The summed E-state index contributed by atoms with van der Waals surface area (Å²) in [6.45, 7) is 2.24. The van der Waals surface area contributed by atoms with Gasteiger partial charge in [0.15, 0.2) is 6.67 Å². The number of amides is 3. The topological polar surface area (TPSA) is 53.9 Å². The Labute approximate surface area is 162 Å². The van der Waals surface area contributed by atoms with E-state index in [2.05, 4.69) is 5.32 Å². The lowest BCUT2D eigenvalue weighted by Gasteiger charge is -2.26. The third-order valence-electron chi connectivity index (χ3n) is 4.94. The minimum Gasteiger partial charge on any atom is -0.319 e. The van der Waals surface area contributed by atoms with Gasteiger partial charge in [0.25, 0.3) is 5.91 Å². The Morgan fingerprint density at radius 3 is 2.48 bits per heavy atom. The Hall–Kier alpha value is -2.44. The second-order valence-electron chi connectivity index (χ2n) is 6.78. The molecule has 142 valence electrons. The summed E-state index contributed by atoms with van der Waals surface area (Å²) in [5.41, 5.74) is 0.0607. The molecule has 5 nitrogen and oxygen atoms in total. The summed E-state index contributed by atoms with van der Waals surface area (Å²) >= 11 is 6.08. The zero-order valence-corrected chi connectivity index (χ0v) is 16.0.